The molecular weight excluding hydrogens is 561 g/mol. The van der Waals surface area contributed by atoms with E-state index in [4.69, 9.17) is 21.1 Å². The molecule has 0 saturated carbocycles. The monoisotopic (exact) mass is 583 g/mol. The van der Waals surface area contributed by atoms with Gasteiger partial charge in [-0.1, -0.05) is 11.6 Å². The third-order valence-corrected chi connectivity index (χ3v) is 7.53. The number of ether oxygens (including phenoxy) is 3. The Balaban J connectivity index is 1.62. The van der Waals surface area contributed by atoms with Crippen molar-refractivity contribution in [3.05, 3.63) is 52.0 Å². The molecule has 2 aliphatic rings. The van der Waals surface area contributed by atoms with Gasteiger partial charge in [-0.15, -0.1) is 0 Å². The van der Waals surface area contributed by atoms with Crippen LogP contribution in [0.1, 0.15) is 34.3 Å². The summed E-state index contributed by atoms with van der Waals surface area (Å²) in [6, 6.07) is 5.61. The number of carbonyl (C=O) groups is 1. The van der Waals surface area contributed by atoms with Gasteiger partial charge in [0.15, 0.2) is 9.84 Å². The van der Waals surface area contributed by atoms with Crippen LogP contribution in [0.15, 0.2) is 35.2 Å². The molecule has 38 heavy (non-hydrogen) atoms. The summed E-state index contributed by atoms with van der Waals surface area (Å²) >= 11 is 6.37. The van der Waals surface area contributed by atoms with E-state index in [0.717, 1.165) is 18.4 Å². The van der Waals surface area contributed by atoms with Gasteiger partial charge in [-0.05, 0) is 41.5 Å². The maximum absolute atomic E-state index is 14.0. The minimum atomic E-state index is -4.99. The van der Waals surface area contributed by atoms with Gasteiger partial charge in [0.05, 0.1) is 28.7 Å². The van der Waals surface area contributed by atoms with Crippen LogP contribution in [0.25, 0.3) is 0 Å². The Labute approximate surface area is 220 Å². The quantitative estimate of drug-likeness (QED) is 0.406. The Morgan fingerprint density at radius 1 is 1.08 bits per heavy atom. The topological polar surface area (TPSA) is 82.1 Å². The zero-order valence-corrected chi connectivity index (χ0v) is 21.5. The number of sulfone groups is 1. The predicted molar refractivity (Wildman–Crippen MR) is 126 cm³/mol. The summed E-state index contributed by atoms with van der Waals surface area (Å²) in [6.45, 7) is 1.06. The van der Waals surface area contributed by atoms with Crippen molar-refractivity contribution < 1.29 is 49.4 Å². The number of fused-ring (bicyclic) bond motifs is 1. The molecule has 0 aliphatic carbocycles. The van der Waals surface area contributed by atoms with E-state index in [1.54, 1.807) is 12.1 Å². The number of halogens is 6. The van der Waals surface area contributed by atoms with Crippen LogP contribution in [0, 0.1) is 0 Å². The molecule has 4 rings (SSSR count). The maximum atomic E-state index is 14.0. The van der Waals surface area contributed by atoms with E-state index in [2.05, 4.69) is 4.74 Å². The highest BCUT2D eigenvalue weighted by molar-refractivity contribution is 7.90. The lowest BCUT2D eigenvalue weighted by Gasteiger charge is -2.24. The van der Waals surface area contributed by atoms with Crippen molar-refractivity contribution in [2.75, 3.05) is 19.5 Å². The molecular formula is C24H23ClF5NO6S. The molecule has 7 nitrogen and oxygen atoms in total. The first-order valence-electron chi connectivity index (χ1n) is 11.4. The number of hydrogen-bond acceptors (Lipinski definition) is 6. The molecule has 1 fully saturated rings. The van der Waals surface area contributed by atoms with Gasteiger partial charge < -0.3 is 19.1 Å². The second-order valence-electron chi connectivity index (χ2n) is 8.97. The zero-order chi connectivity index (χ0) is 27.8. The highest BCUT2D eigenvalue weighted by Crippen LogP contribution is 2.37. The molecule has 2 aromatic carbocycles. The van der Waals surface area contributed by atoms with Gasteiger partial charge in [0.25, 0.3) is 18.5 Å². The molecule has 2 aliphatic heterocycles. The summed E-state index contributed by atoms with van der Waals surface area (Å²) in [5.74, 6) is -1.49. The normalized spacial score (nSPS) is 17.4. The van der Waals surface area contributed by atoms with E-state index in [9.17, 15) is 35.2 Å². The van der Waals surface area contributed by atoms with Crippen molar-refractivity contribution in [3.8, 4) is 11.5 Å². The molecule has 1 atom stereocenters. The van der Waals surface area contributed by atoms with Crippen LogP contribution in [0.2, 0.25) is 5.02 Å². The first-order valence-corrected chi connectivity index (χ1v) is 13.7. The fourth-order valence-electron chi connectivity index (χ4n) is 4.12. The second-order valence-corrected chi connectivity index (χ2v) is 11.4. The second kappa shape index (κ2) is 10.9. The lowest BCUT2D eigenvalue weighted by Crippen LogP contribution is -2.41. The molecule has 0 bridgehead atoms. The summed E-state index contributed by atoms with van der Waals surface area (Å²) in [6.07, 6.45) is -11.0. The van der Waals surface area contributed by atoms with E-state index in [1.165, 1.54) is 4.90 Å². The van der Waals surface area contributed by atoms with E-state index in [-0.39, 0.29) is 19.2 Å². The van der Waals surface area contributed by atoms with Crippen LogP contribution in [-0.4, -0.2) is 63.5 Å². The maximum Gasteiger partial charge on any atom is 0.435 e. The minimum absolute atomic E-state index is 0.0167. The Kier molecular flexibility index (Phi) is 8.10. The summed E-state index contributed by atoms with van der Waals surface area (Å²) in [5.41, 5.74) is 0.626. The lowest BCUT2D eigenvalue weighted by molar-refractivity contribution is -0.244. The van der Waals surface area contributed by atoms with E-state index in [1.807, 2.05) is 0 Å². The lowest BCUT2D eigenvalue weighted by atomic mass is 10.1. The Morgan fingerprint density at radius 3 is 2.32 bits per heavy atom. The number of amides is 1. The summed E-state index contributed by atoms with van der Waals surface area (Å²) < 4.78 is 106. The van der Waals surface area contributed by atoms with Crippen LogP contribution in [0.5, 0.6) is 11.5 Å². The molecule has 1 unspecified atom stereocenters. The van der Waals surface area contributed by atoms with Crippen LogP contribution in [0.4, 0.5) is 22.0 Å². The van der Waals surface area contributed by atoms with E-state index in [0.29, 0.717) is 54.0 Å². The molecule has 2 heterocycles. The first-order chi connectivity index (χ1) is 17.8. The van der Waals surface area contributed by atoms with Gasteiger partial charge in [0.1, 0.15) is 17.6 Å². The first kappa shape index (κ1) is 28.4. The van der Waals surface area contributed by atoms with Crippen LogP contribution >= 0.6 is 11.6 Å². The summed E-state index contributed by atoms with van der Waals surface area (Å²) in [4.78, 5) is 14.2. The van der Waals surface area contributed by atoms with Crippen molar-refractivity contribution in [2.45, 2.75) is 55.6 Å². The fraction of sp³-hybridized carbons (Fsp3) is 0.458. The van der Waals surface area contributed by atoms with Crippen molar-refractivity contribution in [2.24, 2.45) is 0 Å². The van der Waals surface area contributed by atoms with Gasteiger partial charge in [0.2, 0.25) is 0 Å². The molecule has 14 heteroatoms. The number of rotatable bonds is 8. The SMILES string of the molecule is CS(=O)(=O)c1ccc(OC(F)(F)C(F)C(F)F)c(C(=O)N2Cc3cc(Cl)c(OC4CCOCC4)cc3C2)c1. The standard InChI is InChI=1S/C24H23ClF5NO6S/c1-38(33,34)16-2-3-19(37-24(29,30)21(26)22(27)28)17(10-16)23(32)31-11-13-8-18(25)20(9-14(13)12-31)36-15-4-6-35-7-5-15/h2-3,8-10,15,21-22H,4-7,11-12H2,1H3. The Hall–Kier alpha value is -2.64. The van der Waals surface area contributed by atoms with Gasteiger partial charge >= 0.3 is 6.11 Å². The Morgan fingerprint density at radius 2 is 1.71 bits per heavy atom. The molecule has 0 aromatic heterocycles. The largest absolute Gasteiger partial charge is 0.489 e. The molecule has 208 valence electrons. The number of nitrogens with zero attached hydrogens (tertiary/aromatic N) is 1. The van der Waals surface area contributed by atoms with Gasteiger partial charge in [-0.2, -0.15) is 8.78 Å². The van der Waals surface area contributed by atoms with Crippen molar-refractivity contribution in [1.82, 2.24) is 4.90 Å². The van der Waals surface area contributed by atoms with Crippen LogP contribution in [0.3, 0.4) is 0 Å². The third kappa shape index (κ3) is 6.15. The van der Waals surface area contributed by atoms with E-state index >= 15 is 0 Å². The summed E-state index contributed by atoms with van der Waals surface area (Å²) in [7, 11) is -3.90. The minimum Gasteiger partial charge on any atom is -0.489 e. The molecule has 0 N–H and O–H groups in total. The van der Waals surface area contributed by atoms with Crippen LogP contribution in [-0.2, 0) is 27.7 Å². The Bertz CT molecular complexity index is 1320. The third-order valence-electron chi connectivity index (χ3n) is 6.12. The van der Waals surface area contributed by atoms with Crippen molar-refractivity contribution in [3.63, 3.8) is 0 Å². The van der Waals surface area contributed by atoms with Crippen molar-refractivity contribution in [1.29, 1.82) is 0 Å². The van der Waals surface area contributed by atoms with E-state index < -0.39 is 50.7 Å². The zero-order valence-electron chi connectivity index (χ0n) is 19.9. The highest BCUT2D eigenvalue weighted by atomic mass is 35.5. The molecule has 0 spiro atoms. The number of carbonyl (C=O) groups excluding carboxylic acids is 1. The number of benzene rings is 2. The number of alkyl halides is 5. The average molecular weight is 584 g/mol. The average Bonchev–Trinajstić information content (AvgIpc) is 3.26. The number of hydrogen-bond donors (Lipinski definition) is 0. The van der Waals surface area contributed by atoms with Gasteiger partial charge in [-0.3, -0.25) is 4.79 Å². The highest BCUT2D eigenvalue weighted by Gasteiger charge is 2.49. The predicted octanol–water partition coefficient (Wildman–Crippen LogP) is 5.03. The molecule has 1 amide bonds. The smallest absolute Gasteiger partial charge is 0.435 e. The van der Waals surface area contributed by atoms with Crippen molar-refractivity contribution >= 4 is 27.3 Å². The van der Waals surface area contributed by atoms with Gasteiger partial charge in [-0.25, -0.2) is 21.6 Å². The summed E-state index contributed by atoms with van der Waals surface area (Å²) in [5, 5.41) is 0.299. The van der Waals surface area contributed by atoms with Gasteiger partial charge in [0, 0.05) is 32.2 Å². The fourth-order valence-corrected chi connectivity index (χ4v) is 5.00. The molecule has 1 saturated heterocycles. The van der Waals surface area contributed by atoms with Crippen LogP contribution < -0.4 is 9.47 Å². The molecule has 2 aromatic rings. The molecule has 0 radical (unpaired) electrons.